The zero-order chi connectivity index (χ0) is 17.4. The molecule has 0 aliphatic carbocycles. The van der Waals surface area contributed by atoms with Crippen LogP contribution in [0.15, 0.2) is 42.5 Å². The number of benzene rings is 3. The van der Waals surface area contributed by atoms with Gasteiger partial charge in [-0.3, -0.25) is 0 Å². The second kappa shape index (κ2) is 6.20. The Morgan fingerprint density at radius 1 is 0.880 bits per heavy atom. The molecule has 0 fully saturated rings. The van der Waals surface area contributed by atoms with Crippen LogP contribution in [0.25, 0.3) is 10.8 Å². The van der Waals surface area contributed by atoms with Gasteiger partial charge in [0.2, 0.25) is 0 Å². The summed E-state index contributed by atoms with van der Waals surface area (Å²) in [5.41, 5.74) is 5.45. The van der Waals surface area contributed by atoms with E-state index >= 15 is 0 Å². The Labute approximate surface area is 148 Å². The maximum atomic E-state index is 6.27. The molecule has 3 aromatic carbocycles. The molecule has 0 amide bonds. The number of fused-ring (bicyclic) bond motifs is 4. The Bertz CT molecular complexity index is 950. The first-order valence-corrected chi connectivity index (χ1v) is 8.84. The fraction of sp³-hybridized carbons (Fsp3) is 0.238. The van der Waals surface area contributed by atoms with E-state index in [-0.39, 0.29) is 0 Å². The molecule has 0 aromatic heterocycles. The molecule has 25 heavy (non-hydrogen) atoms. The van der Waals surface area contributed by atoms with Gasteiger partial charge in [-0.15, -0.1) is 0 Å². The molecule has 3 N–H and O–H groups in total. The number of aryl methyl sites for hydroxylation is 1. The van der Waals surface area contributed by atoms with Crippen LogP contribution in [0, 0.1) is 6.92 Å². The highest BCUT2D eigenvalue weighted by atomic mass is 16.5. The molecular weight excluding hydrogens is 310 g/mol. The van der Waals surface area contributed by atoms with Gasteiger partial charge in [0.15, 0.2) is 11.5 Å². The van der Waals surface area contributed by atoms with E-state index in [2.05, 4.69) is 79.2 Å². The predicted octanol–water partition coefficient (Wildman–Crippen LogP) is 5.86. The molecule has 0 atom stereocenters. The van der Waals surface area contributed by atoms with Crippen LogP contribution in [-0.4, -0.2) is 13.1 Å². The van der Waals surface area contributed by atoms with Gasteiger partial charge >= 0.3 is 0 Å². The molecule has 4 nitrogen and oxygen atoms in total. The Morgan fingerprint density at radius 2 is 1.56 bits per heavy atom. The summed E-state index contributed by atoms with van der Waals surface area (Å²) < 4.78 is 6.27. The van der Waals surface area contributed by atoms with E-state index in [1.54, 1.807) is 0 Å². The topological polar surface area (TPSA) is 45.3 Å². The molecule has 0 saturated carbocycles. The first-order valence-electron chi connectivity index (χ1n) is 8.84. The Hall–Kier alpha value is -2.88. The second-order valence-electron chi connectivity index (χ2n) is 6.29. The Balaban J connectivity index is 1.86. The number of rotatable bonds is 4. The van der Waals surface area contributed by atoms with E-state index in [0.29, 0.717) is 0 Å². The maximum Gasteiger partial charge on any atom is 0.153 e. The molecule has 0 unspecified atom stereocenters. The van der Waals surface area contributed by atoms with Crippen molar-refractivity contribution < 1.29 is 4.74 Å². The molecule has 4 heteroatoms. The monoisotopic (exact) mass is 333 g/mol. The van der Waals surface area contributed by atoms with Crippen molar-refractivity contribution in [2.75, 3.05) is 29.0 Å². The summed E-state index contributed by atoms with van der Waals surface area (Å²) in [6, 6.07) is 14.7. The second-order valence-corrected chi connectivity index (χ2v) is 6.29. The van der Waals surface area contributed by atoms with Gasteiger partial charge in [-0.05, 0) is 32.4 Å². The maximum absolute atomic E-state index is 6.27. The van der Waals surface area contributed by atoms with Crippen LogP contribution in [0.4, 0.5) is 22.7 Å². The minimum Gasteiger partial charge on any atom is -0.453 e. The third-order valence-corrected chi connectivity index (χ3v) is 4.55. The largest absolute Gasteiger partial charge is 0.453 e. The summed E-state index contributed by atoms with van der Waals surface area (Å²) in [6.07, 6.45) is 0. The van der Waals surface area contributed by atoms with Crippen molar-refractivity contribution in [3.63, 3.8) is 0 Å². The summed E-state index contributed by atoms with van der Waals surface area (Å²) in [4.78, 5) is 0. The minimum atomic E-state index is 0.853. The SMILES string of the molecule is CCNc1cc2c(cc1C)Nc1c(cc(NCC)c3ccccc13)O2. The van der Waals surface area contributed by atoms with Gasteiger partial charge < -0.3 is 20.7 Å². The first kappa shape index (κ1) is 15.6. The molecule has 0 spiro atoms. The number of ether oxygens (including phenoxy) is 1. The van der Waals surface area contributed by atoms with Gasteiger partial charge in [0.05, 0.1) is 11.4 Å². The van der Waals surface area contributed by atoms with E-state index in [4.69, 9.17) is 4.74 Å². The van der Waals surface area contributed by atoms with Crippen molar-refractivity contribution in [3.05, 3.63) is 48.0 Å². The van der Waals surface area contributed by atoms with Crippen molar-refractivity contribution in [1.82, 2.24) is 0 Å². The number of nitrogens with one attached hydrogen (secondary N) is 3. The summed E-state index contributed by atoms with van der Waals surface area (Å²) in [5.74, 6) is 1.71. The van der Waals surface area contributed by atoms with Crippen LogP contribution >= 0.6 is 0 Å². The van der Waals surface area contributed by atoms with E-state index in [1.165, 1.54) is 10.9 Å². The predicted molar refractivity (Wildman–Crippen MR) is 107 cm³/mol. The zero-order valence-corrected chi connectivity index (χ0v) is 14.9. The normalized spacial score (nSPS) is 12.0. The fourth-order valence-electron chi connectivity index (χ4n) is 3.40. The third kappa shape index (κ3) is 2.64. The highest BCUT2D eigenvalue weighted by molar-refractivity contribution is 6.06. The summed E-state index contributed by atoms with van der Waals surface area (Å²) in [5, 5.41) is 12.8. The average Bonchev–Trinajstić information content (AvgIpc) is 2.62. The molecule has 1 aliphatic heterocycles. The highest BCUT2D eigenvalue weighted by Crippen LogP contribution is 2.48. The van der Waals surface area contributed by atoms with Crippen LogP contribution in [0.5, 0.6) is 11.5 Å². The lowest BCUT2D eigenvalue weighted by Crippen LogP contribution is -2.07. The first-order chi connectivity index (χ1) is 12.2. The molecule has 1 aliphatic rings. The lowest BCUT2D eigenvalue weighted by Gasteiger charge is -2.26. The van der Waals surface area contributed by atoms with Crippen molar-refractivity contribution in [2.24, 2.45) is 0 Å². The molecular formula is C21H23N3O. The van der Waals surface area contributed by atoms with E-state index < -0.39 is 0 Å². The summed E-state index contributed by atoms with van der Waals surface area (Å²) in [6.45, 7) is 8.08. The van der Waals surface area contributed by atoms with E-state index in [0.717, 1.165) is 52.7 Å². The quantitative estimate of drug-likeness (QED) is 0.437. The van der Waals surface area contributed by atoms with E-state index in [9.17, 15) is 0 Å². The Morgan fingerprint density at radius 3 is 2.32 bits per heavy atom. The summed E-state index contributed by atoms with van der Waals surface area (Å²) in [7, 11) is 0. The van der Waals surface area contributed by atoms with Gasteiger partial charge in [0, 0.05) is 47.4 Å². The fourth-order valence-corrected chi connectivity index (χ4v) is 3.40. The summed E-state index contributed by atoms with van der Waals surface area (Å²) >= 11 is 0. The van der Waals surface area contributed by atoms with E-state index in [1.807, 2.05) is 0 Å². The molecule has 0 saturated heterocycles. The minimum absolute atomic E-state index is 0.853. The average molecular weight is 333 g/mol. The lowest BCUT2D eigenvalue weighted by molar-refractivity contribution is 0.482. The smallest absolute Gasteiger partial charge is 0.153 e. The zero-order valence-electron chi connectivity index (χ0n) is 14.9. The molecule has 0 bridgehead atoms. The van der Waals surface area contributed by atoms with Crippen molar-refractivity contribution >= 4 is 33.5 Å². The van der Waals surface area contributed by atoms with Crippen LogP contribution < -0.4 is 20.7 Å². The van der Waals surface area contributed by atoms with Gasteiger partial charge in [-0.25, -0.2) is 0 Å². The molecule has 3 aromatic rings. The van der Waals surface area contributed by atoms with Crippen LogP contribution in [0.1, 0.15) is 19.4 Å². The van der Waals surface area contributed by atoms with Gasteiger partial charge in [-0.1, -0.05) is 24.3 Å². The molecule has 0 radical (unpaired) electrons. The Kier molecular flexibility index (Phi) is 3.88. The van der Waals surface area contributed by atoms with Crippen molar-refractivity contribution in [1.29, 1.82) is 0 Å². The molecule has 128 valence electrons. The van der Waals surface area contributed by atoms with Gasteiger partial charge in [-0.2, -0.15) is 0 Å². The third-order valence-electron chi connectivity index (χ3n) is 4.55. The van der Waals surface area contributed by atoms with Crippen LogP contribution in [-0.2, 0) is 0 Å². The van der Waals surface area contributed by atoms with Crippen LogP contribution in [0.3, 0.4) is 0 Å². The molecule has 4 rings (SSSR count). The molecule has 1 heterocycles. The van der Waals surface area contributed by atoms with Crippen LogP contribution in [0.2, 0.25) is 0 Å². The van der Waals surface area contributed by atoms with Crippen molar-refractivity contribution in [3.8, 4) is 11.5 Å². The highest BCUT2D eigenvalue weighted by Gasteiger charge is 2.21. The lowest BCUT2D eigenvalue weighted by atomic mass is 10.0. The van der Waals surface area contributed by atoms with Crippen molar-refractivity contribution in [2.45, 2.75) is 20.8 Å². The van der Waals surface area contributed by atoms with Gasteiger partial charge in [0.1, 0.15) is 0 Å². The number of hydrogen-bond donors (Lipinski definition) is 3. The standard InChI is InChI=1S/C21H23N3O/c1-4-22-16-11-19-18(10-13(16)3)24-21-15-9-7-6-8-14(15)17(23-5-2)12-20(21)25-19/h6-12,22-24H,4-5H2,1-3H3. The number of anilines is 4. The van der Waals surface area contributed by atoms with Gasteiger partial charge in [0.25, 0.3) is 0 Å². The number of hydrogen-bond acceptors (Lipinski definition) is 4.